The van der Waals surface area contributed by atoms with Crippen LogP contribution in [0.4, 0.5) is 0 Å². The van der Waals surface area contributed by atoms with Gasteiger partial charge >= 0.3 is 0 Å². The first-order valence-corrected chi connectivity index (χ1v) is 14.7. The lowest BCUT2D eigenvalue weighted by Crippen LogP contribution is -1.94. The molecule has 0 atom stereocenters. The molecule has 0 amide bonds. The fraction of sp³-hybridized carbons (Fsp3) is 0.688. The van der Waals surface area contributed by atoms with Gasteiger partial charge in [0.2, 0.25) is 0 Å². The maximum absolute atomic E-state index is 4.65. The van der Waals surface area contributed by atoms with Crippen molar-refractivity contribution in [2.75, 3.05) is 0 Å². The standard InChI is InChI=1S/C32H52N2/c1-3-5-7-9-11-13-15-17-19-21-29-23-25-31(26-24-29)32-33-27-30(28-34-32)22-20-18-16-14-12-10-8-6-4-2/h23-28H,3-22H2,1-2H3. The SMILES string of the molecule is CCCCCCCCCCCc1ccc(-c2ncc(CCCCCCCCCCC)cn2)cc1. The lowest BCUT2D eigenvalue weighted by Gasteiger charge is -2.06. The highest BCUT2D eigenvalue weighted by molar-refractivity contribution is 5.55. The molecule has 0 saturated carbocycles. The summed E-state index contributed by atoms with van der Waals surface area (Å²) in [5.74, 6) is 0.852. The molecule has 0 radical (unpaired) electrons. The van der Waals surface area contributed by atoms with Crippen LogP contribution in [0, 0.1) is 0 Å². The monoisotopic (exact) mass is 464 g/mol. The van der Waals surface area contributed by atoms with Crippen LogP contribution in [-0.2, 0) is 12.8 Å². The Morgan fingerprint density at radius 2 is 0.824 bits per heavy atom. The Morgan fingerprint density at radius 3 is 1.26 bits per heavy atom. The van der Waals surface area contributed by atoms with Crippen LogP contribution in [0.1, 0.15) is 141 Å². The number of unbranched alkanes of at least 4 members (excludes halogenated alkanes) is 16. The van der Waals surface area contributed by atoms with Gasteiger partial charge in [-0.25, -0.2) is 9.97 Å². The molecule has 0 fully saturated rings. The number of hydrogen-bond donors (Lipinski definition) is 0. The average Bonchev–Trinajstić information content (AvgIpc) is 2.87. The Bertz CT molecular complexity index is 641. The normalized spacial score (nSPS) is 11.2. The number of aromatic nitrogens is 2. The van der Waals surface area contributed by atoms with E-state index in [1.165, 1.54) is 133 Å². The molecule has 190 valence electrons. The molecule has 1 aromatic heterocycles. The van der Waals surface area contributed by atoms with E-state index in [1.807, 2.05) is 12.4 Å². The van der Waals surface area contributed by atoms with Crippen molar-refractivity contribution in [2.24, 2.45) is 0 Å². The van der Waals surface area contributed by atoms with E-state index in [0.717, 1.165) is 17.8 Å². The largest absolute Gasteiger partial charge is 0.236 e. The van der Waals surface area contributed by atoms with Gasteiger partial charge in [0.25, 0.3) is 0 Å². The zero-order chi connectivity index (χ0) is 24.1. The molecule has 0 bridgehead atoms. The van der Waals surface area contributed by atoms with Crippen molar-refractivity contribution >= 4 is 0 Å². The quantitative estimate of drug-likeness (QED) is 0.172. The maximum atomic E-state index is 4.65. The Kier molecular flexibility index (Phi) is 16.4. The van der Waals surface area contributed by atoms with Crippen molar-refractivity contribution in [3.8, 4) is 11.4 Å². The van der Waals surface area contributed by atoms with Gasteiger partial charge in [-0.3, -0.25) is 0 Å². The van der Waals surface area contributed by atoms with Gasteiger partial charge in [0.05, 0.1) is 0 Å². The van der Waals surface area contributed by atoms with Gasteiger partial charge in [0, 0.05) is 18.0 Å². The van der Waals surface area contributed by atoms with Crippen molar-refractivity contribution in [2.45, 2.75) is 142 Å². The Labute approximate surface area is 211 Å². The number of benzene rings is 1. The van der Waals surface area contributed by atoms with Crippen molar-refractivity contribution in [3.63, 3.8) is 0 Å². The second kappa shape index (κ2) is 19.6. The molecule has 0 aliphatic rings. The molecule has 0 spiro atoms. The molecule has 2 nitrogen and oxygen atoms in total. The summed E-state index contributed by atoms with van der Waals surface area (Å²) in [5.41, 5.74) is 3.84. The van der Waals surface area contributed by atoms with Crippen molar-refractivity contribution in [1.29, 1.82) is 0 Å². The maximum Gasteiger partial charge on any atom is 0.159 e. The van der Waals surface area contributed by atoms with Gasteiger partial charge in [-0.05, 0) is 36.8 Å². The third-order valence-electron chi connectivity index (χ3n) is 7.06. The molecular weight excluding hydrogens is 412 g/mol. The minimum absolute atomic E-state index is 0.852. The number of nitrogens with zero attached hydrogens (tertiary/aromatic N) is 2. The minimum Gasteiger partial charge on any atom is -0.236 e. The van der Waals surface area contributed by atoms with Crippen LogP contribution in [0.2, 0.25) is 0 Å². The summed E-state index contributed by atoms with van der Waals surface area (Å²) in [7, 11) is 0. The molecule has 1 aromatic carbocycles. The van der Waals surface area contributed by atoms with Crippen molar-refractivity contribution < 1.29 is 0 Å². The molecule has 1 heterocycles. The molecule has 2 heteroatoms. The van der Waals surface area contributed by atoms with E-state index in [0.29, 0.717) is 0 Å². The van der Waals surface area contributed by atoms with Crippen molar-refractivity contribution in [1.82, 2.24) is 9.97 Å². The molecule has 34 heavy (non-hydrogen) atoms. The molecule has 2 rings (SSSR count). The first-order chi connectivity index (χ1) is 16.8. The highest BCUT2D eigenvalue weighted by atomic mass is 14.9. The molecule has 2 aromatic rings. The van der Waals surface area contributed by atoms with E-state index in [-0.39, 0.29) is 0 Å². The van der Waals surface area contributed by atoms with Gasteiger partial charge in [-0.1, -0.05) is 141 Å². The Morgan fingerprint density at radius 1 is 0.441 bits per heavy atom. The van der Waals surface area contributed by atoms with E-state index in [4.69, 9.17) is 0 Å². The zero-order valence-corrected chi connectivity index (χ0v) is 22.5. The fourth-order valence-corrected chi connectivity index (χ4v) is 4.73. The summed E-state index contributed by atoms with van der Waals surface area (Å²) in [6, 6.07) is 8.91. The fourth-order valence-electron chi connectivity index (χ4n) is 4.73. The minimum atomic E-state index is 0.852. The highest BCUT2D eigenvalue weighted by Gasteiger charge is 2.03. The lowest BCUT2D eigenvalue weighted by molar-refractivity contribution is 0.564. The number of hydrogen-bond acceptors (Lipinski definition) is 2. The summed E-state index contributed by atoms with van der Waals surface area (Å²) < 4.78 is 0. The Hall–Kier alpha value is -1.70. The predicted octanol–water partition coefficient (Wildman–Crippen LogP) is 10.3. The molecule has 0 aliphatic heterocycles. The zero-order valence-electron chi connectivity index (χ0n) is 22.5. The first kappa shape index (κ1) is 28.5. The molecule has 0 unspecified atom stereocenters. The molecule has 0 saturated heterocycles. The van der Waals surface area contributed by atoms with E-state index in [2.05, 4.69) is 48.1 Å². The summed E-state index contributed by atoms with van der Waals surface area (Å²) in [5, 5.41) is 0. The Balaban J connectivity index is 1.57. The number of rotatable bonds is 21. The average molecular weight is 465 g/mol. The summed E-state index contributed by atoms with van der Waals surface area (Å²) in [6.45, 7) is 4.57. The third kappa shape index (κ3) is 13.3. The predicted molar refractivity (Wildman–Crippen MR) is 149 cm³/mol. The molecule has 0 N–H and O–H groups in total. The van der Waals surface area contributed by atoms with E-state index < -0.39 is 0 Å². The number of aryl methyl sites for hydroxylation is 2. The smallest absolute Gasteiger partial charge is 0.159 e. The second-order valence-electron chi connectivity index (χ2n) is 10.3. The van der Waals surface area contributed by atoms with Gasteiger partial charge < -0.3 is 0 Å². The van der Waals surface area contributed by atoms with Crippen LogP contribution in [0.15, 0.2) is 36.7 Å². The lowest BCUT2D eigenvalue weighted by atomic mass is 10.0. The van der Waals surface area contributed by atoms with E-state index in [1.54, 1.807) is 0 Å². The summed E-state index contributed by atoms with van der Waals surface area (Å²) in [4.78, 5) is 9.29. The summed E-state index contributed by atoms with van der Waals surface area (Å²) in [6.07, 6.45) is 31.2. The van der Waals surface area contributed by atoms with E-state index >= 15 is 0 Å². The summed E-state index contributed by atoms with van der Waals surface area (Å²) >= 11 is 0. The van der Waals surface area contributed by atoms with Crippen LogP contribution in [0.5, 0.6) is 0 Å². The van der Waals surface area contributed by atoms with Gasteiger partial charge in [0.1, 0.15) is 0 Å². The molecular formula is C32H52N2. The highest BCUT2D eigenvalue weighted by Crippen LogP contribution is 2.18. The topological polar surface area (TPSA) is 25.8 Å². The first-order valence-electron chi connectivity index (χ1n) is 14.7. The van der Waals surface area contributed by atoms with Gasteiger partial charge in [-0.2, -0.15) is 0 Å². The van der Waals surface area contributed by atoms with Gasteiger partial charge in [-0.15, -0.1) is 0 Å². The van der Waals surface area contributed by atoms with Crippen LogP contribution in [-0.4, -0.2) is 9.97 Å². The van der Waals surface area contributed by atoms with Crippen LogP contribution < -0.4 is 0 Å². The van der Waals surface area contributed by atoms with Crippen molar-refractivity contribution in [3.05, 3.63) is 47.8 Å². The van der Waals surface area contributed by atoms with Gasteiger partial charge in [0.15, 0.2) is 5.82 Å². The second-order valence-corrected chi connectivity index (χ2v) is 10.3. The van der Waals surface area contributed by atoms with Crippen LogP contribution in [0.3, 0.4) is 0 Å². The molecule has 0 aliphatic carbocycles. The van der Waals surface area contributed by atoms with E-state index in [9.17, 15) is 0 Å². The third-order valence-corrected chi connectivity index (χ3v) is 7.06. The van der Waals surface area contributed by atoms with Crippen LogP contribution >= 0.6 is 0 Å². The van der Waals surface area contributed by atoms with Crippen LogP contribution in [0.25, 0.3) is 11.4 Å².